The van der Waals surface area contributed by atoms with Gasteiger partial charge in [0.25, 0.3) is 0 Å². The number of aliphatic hydroxyl groups excluding tert-OH is 1. The molecule has 4 aromatic rings. The van der Waals surface area contributed by atoms with Gasteiger partial charge < -0.3 is 19.3 Å². The van der Waals surface area contributed by atoms with Gasteiger partial charge in [0.05, 0.1) is 38.0 Å². The summed E-state index contributed by atoms with van der Waals surface area (Å²) < 4.78 is 34.9. The van der Waals surface area contributed by atoms with Crippen LogP contribution in [0.1, 0.15) is 43.5 Å². The fraction of sp³-hybridized carbons (Fsp3) is 0.333. The van der Waals surface area contributed by atoms with Gasteiger partial charge in [0.15, 0.2) is 17.2 Å². The third kappa shape index (κ3) is 3.99. The molecule has 1 aromatic carbocycles. The van der Waals surface area contributed by atoms with Gasteiger partial charge >= 0.3 is 6.09 Å². The van der Waals surface area contributed by atoms with Gasteiger partial charge in [-0.1, -0.05) is 6.07 Å². The molecule has 10 nitrogen and oxygen atoms in total. The van der Waals surface area contributed by atoms with E-state index in [1.165, 1.54) is 17.3 Å². The zero-order chi connectivity index (χ0) is 26.6. The van der Waals surface area contributed by atoms with Crippen molar-refractivity contribution in [2.75, 3.05) is 18.1 Å². The molecule has 0 saturated heterocycles. The first kappa shape index (κ1) is 24.1. The predicted octanol–water partition coefficient (Wildman–Crippen LogP) is 4.23. The Bertz CT molecular complexity index is 1560. The highest BCUT2D eigenvalue weighted by Crippen LogP contribution is 2.44. The number of halogens is 1. The highest BCUT2D eigenvalue weighted by atomic mass is 19.1. The van der Waals surface area contributed by atoms with E-state index in [-0.39, 0.29) is 25.7 Å². The summed E-state index contributed by atoms with van der Waals surface area (Å²) in [6.45, 7) is 5.40. The zero-order valence-corrected chi connectivity index (χ0v) is 21.1. The van der Waals surface area contributed by atoms with E-state index in [2.05, 4.69) is 15.2 Å². The van der Waals surface area contributed by atoms with Gasteiger partial charge in [-0.05, 0) is 45.0 Å². The molecule has 2 aliphatic heterocycles. The van der Waals surface area contributed by atoms with E-state index in [0.717, 1.165) is 0 Å². The van der Waals surface area contributed by atoms with Gasteiger partial charge in [0.2, 0.25) is 0 Å². The fourth-order valence-corrected chi connectivity index (χ4v) is 4.98. The normalized spacial score (nSPS) is 16.6. The van der Waals surface area contributed by atoms with E-state index in [0.29, 0.717) is 57.5 Å². The molecule has 0 fully saturated rings. The number of ether oxygens (including phenoxy) is 3. The predicted molar refractivity (Wildman–Crippen MR) is 135 cm³/mol. The quantitative estimate of drug-likeness (QED) is 0.419. The number of fused-ring (bicyclic) bond motifs is 3. The molecule has 1 atom stereocenters. The lowest BCUT2D eigenvalue weighted by Crippen LogP contribution is -2.38. The Kier molecular flexibility index (Phi) is 5.68. The largest absolute Gasteiger partial charge is 0.493 e. The van der Waals surface area contributed by atoms with E-state index >= 15 is 4.39 Å². The van der Waals surface area contributed by atoms with E-state index in [4.69, 9.17) is 14.2 Å². The van der Waals surface area contributed by atoms with Gasteiger partial charge in [0.1, 0.15) is 23.5 Å². The van der Waals surface area contributed by atoms with E-state index < -0.39 is 17.5 Å². The van der Waals surface area contributed by atoms with Crippen molar-refractivity contribution >= 4 is 17.6 Å². The Hall–Kier alpha value is -4.25. The molecular formula is C27H26FN5O5. The number of anilines is 1. The number of amides is 1. The zero-order valence-electron chi connectivity index (χ0n) is 21.1. The number of pyridine rings is 2. The Morgan fingerprint density at radius 2 is 1.97 bits per heavy atom. The van der Waals surface area contributed by atoms with Crippen LogP contribution in [0.15, 0.2) is 42.9 Å². The van der Waals surface area contributed by atoms with Crippen LogP contribution in [0.3, 0.4) is 0 Å². The van der Waals surface area contributed by atoms with Crippen molar-refractivity contribution in [3.05, 3.63) is 65.5 Å². The van der Waals surface area contributed by atoms with Crippen LogP contribution in [0, 0.1) is 5.82 Å². The van der Waals surface area contributed by atoms with Crippen LogP contribution in [0.2, 0.25) is 0 Å². The third-order valence-electron chi connectivity index (χ3n) is 6.58. The molecule has 2 aliphatic rings. The Balaban J connectivity index is 1.61. The molecule has 11 heteroatoms. The van der Waals surface area contributed by atoms with Gasteiger partial charge in [-0.15, -0.1) is 10.2 Å². The SMILES string of the molecule is CC(C)(C)OC(=O)N1Cc2c(F)ccc3c2[C@H](CO3)COc2cc(-c3cccnc3CO)c3nncn3c21. The van der Waals surface area contributed by atoms with Crippen LogP contribution in [-0.2, 0) is 17.9 Å². The second kappa shape index (κ2) is 8.95. The lowest BCUT2D eigenvalue weighted by Gasteiger charge is -2.29. The minimum absolute atomic E-state index is 0.123. The molecule has 1 N–H and O–H groups in total. The van der Waals surface area contributed by atoms with Gasteiger partial charge in [0, 0.05) is 28.5 Å². The lowest BCUT2D eigenvalue weighted by molar-refractivity contribution is 0.0574. The maximum absolute atomic E-state index is 15.3. The first-order chi connectivity index (χ1) is 18.2. The first-order valence-electron chi connectivity index (χ1n) is 12.2. The molecule has 0 aliphatic carbocycles. The molecule has 6 rings (SSSR count). The number of carbonyl (C=O) groups is 1. The second-order valence-electron chi connectivity index (χ2n) is 10.2. The summed E-state index contributed by atoms with van der Waals surface area (Å²) in [7, 11) is 0. The Morgan fingerprint density at radius 1 is 1.18 bits per heavy atom. The number of benzene rings is 1. The molecule has 0 bridgehead atoms. The highest BCUT2D eigenvalue weighted by Gasteiger charge is 2.37. The number of aromatic nitrogens is 4. The molecule has 1 amide bonds. The van der Waals surface area contributed by atoms with E-state index in [1.54, 1.807) is 49.6 Å². The van der Waals surface area contributed by atoms with Crippen LogP contribution >= 0.6 is 0 Å². The average molecular weight is 520 g/mol. The van der Waals surface area contributed by atoms with Crippen LogP contribution in [0.25, 0.3) is 16.8 Å². The smallest absolute Gasteiger partial charge is 0.416 e. The van der Waals surface area contributed by atoms with Gasteiger partial charge in [-0.25, -0.2) is 9.18 Å². The monoisotopic (exact) mass is 519 g/mol. The minimum atomic E-state index is -0.808. The summed E-state index contributed by atoms with van der Waals surface area (Å²) in [5.41, 5.74) is 2.32. The van der Waals surface area contributed by atoms with Crippen molar-refractivity contribution in [3.63, 3.8) is 0 Å². The maximum atomic E-state index is 15.3. The molecule has 0 radical (unpaired) electrons. The summed E-state index contributed by atoms with van der Waals surface area (Å²) in [4.78, 5) is 19.3. The lowest BCUT2D eigenvalue weighted by atomic mass is 9.95. The van der Waals surface area contributed by atoms with Crippen LogP contribution in [-0.4, -0.2) is 49.6 Å². The summed E-state index contributed by atoms with van der Waals surface area (Å²) in [6.07, 6.45) is 2.38. The number of hydrogen-bond acceptors (Lipinski definition) is 8. The van der Waals surface area contributed by atoms with Crippen LogP contribution < -0.4 is 14.4 Å². The number of hydrogen-bond donors (Lipinski definition) is 1. The van der Waals surface area contributed by atoms with Crippen LogP contribution in [0.4, 0.5) is 15.0 Å². The topological polar surface area (TPSA) is 111 Å². The van der Waals surface area contributed by atoms with Crippen molar-refractivity contribution < 1.29 is 28.5 Å². The Labute approximate surface area is 217 Å². The summed E-state index contributed by atoms with van der Waals surface area (Å²) in [5, 5.41) is 18.3. The first-order valence-corrected chi connectivity index (χ1v) is 12.2. The minimum Gasteiger partial charge on any atom is -0.493 e. The van der Waals surface area contributed by atoms with Crippen molar-refractivity contribution in [3.8, 4) is 22.6 Å². The van der Waals surface area contributed by atoms with Crippen molar-refractivity contribution in [2.24, 2.45) is 0 Å². The summed E-state index contributed by atoms with van der Waals surface area (Å²) in [6, 6.07) is 8.27. The molecule has 5 heterocycles. The van der Waals surface area contributed by atoms with Crippen molar-refractivity contribution in [1.29, 1.82) is 0 Å². The number of rotatable bonds is 2. The Morgan fingerprint density at radius 3 is 2.74 bits per heavy atom. The summed E-state index contributed by atoms with van der Waals surface area (Å²) >= 11 is 0. The highest BCUT2D eigenvalue weighted by molar-refractivity contribution is 5.92. The fourth-order valence-electron chi connectivity index (χ4n) is 4.98. The summed E-state index contributed by atoms with van der Waals surface area (Å²) in [5.74, 6) is 0.524. The van der Waals surface area contributed by atoms with Gasteiger partial charge in [-0.2, -0.15) is 0 Å². The van der Waals surface area contributed by atoms with E-state index in [9.17, 15) is 9.90 Å². The molecule has 0 unspecified atom stereocenters. The standard InChI is InChI=1S/C27H26FN5O5/c1-27(2,3)38-26(35)32-10-18-19(28)6-7-21-23(18)15(12-36-21)13-37-22-9-17(16-5-4-8-29-20(16)11-34)24-31-30-14-33(24)25(22)32/h4-9,14-15,34H,10-13H2,1-3H3/t15-/m1/s1. The number of aliphatic hydroxyl groups is 1. The molecule has 196 valence electrons. The molecule has 0 spiro atoms. The number of carbonyl (C=O) groups excluding carboxylic acids is 1. The third-order valence-corrected chi connectivity index (χ3v) is 6.58. The molecular weight excluding hydrogens is 493 g/mol. The van der Waals surface area contributed by atoms with Crippen molar-refractivity contribution in [2.45, 2.75) is 45.4 Å². The molecule has 38 heavy (non-hydrogen) atoms. The number of nitrogens with zero attached hydrogens (tertiary/aromatic N) is 5. The van der Waals surface area contributed by atoms with Crippen molar-refractivity contribution in [1.82, 2.24) is 19.6 Å². The van der Waals surface area contributed by atoms with E-state index in [1.807, 2.05) is 6.07 Å². The molecule has 0 saturated carbocycles. The average Bonchev–Trinajstić information content (AvgIpc) is 3.53. The maximum Gasteiger partial charge on any atom is 0.416 e. The second-order valence-corrected chi connectivity index (χ2v) is 10.2. The van der Waals surface area contributed by atoms with Crippen LogP contribution in [0.5, 0.6) is 11.5 Å². The van der Waals surface area contributed by atoms with Gasteiger partial charge in [-0.3, -0.25) is 14.3 Å². The molecule has 3 aromatic heterocycles.